The van der Waals surface area contributed by atoms with Crippen LogP contribution >= 0.6 is 11.6 Å². The fourth-order valence-corrected chi connectivity index (χ4v) is 5.17. The minimum Gasteiger partial charge on any atom is -0.355 e. The molecule has 2 aliphatic heterocycles. The number of para-hydroxylation sites is 2. The van der Waals surface area contributed by atoms with Gasteiger partial charge in [-0.25, -0.2) is 0 Å². The van der Waals surface area contributed by atoms with Gasteiger partial charge in [0, 0.05) is 29.0 Å². The molecule has 0 saturated carbocycles. The summed E-state index contributed by atoms with van der Waals surface area (Å²) in [5, 5.41) is 1.97. The summed E-state index contributed by atoms with van der Waals surface area (Å²) >= 11 is 6.27. The van der Waals surface area contributed by atoms with Crippen LogP contribution in [-0.2, 0) is 13.0 Å². The number of rotatable bonds is 2. The molecule has 30 heavy (non-hydrogen) atoms. The summed E-state index contributed by atoms with van der Waals surface area (Å²) in [6.07, 6.45) is 0.692. The summed E-state index contributed by atoms with van der Waals surface area (Å²) < 4.78 is 0. The summed E-state index contributed by atoms with van der Waals surface area (Å²) in [6, 6.07) is 24.3. The average Bonchev–Trinajstić information content (AvgIpc) is 3.15. The number of carbonyl (C=O) groups is 1. The number of aromatic nitrogens is 1. The molecule has 3 heterocycles. The summed E-state index contributed by atoms with van der Waals surface area (Å²) in [5.74, 6) is 0.0993. The van der Waals surface area contributed by atoms with E-state index in [1.54, 1.807) is 0 Å². The van der Waals surface area contributed by atoms with Crippen LogP contribution in [0.25, 0.3) is 10.9 Å². The average molecular weight is 414 g/mol. The number of fused-ring (bicyclic) bond motifs is 6. The Kier molecular flexibility index (Phi) is 3.90. The predicted octanol–water partition coefficient (Wildman–Crippen LogP) is 5.54. The van der Waals surface area contributed by atoms with Crippen molar-refractivity contribution in [2.75, 3.05) is 11.4 Å². The van der Waals surface area contributed by atoms with E-state index in [2.05, 4.69) is 34.1 Å². The first-order valence-corrected chi connectivity index (χ1v) is 10.6. The molecule has 1 aromatic heterocycles. The van der Waals surface area contributed by atoms with Crippen LogP contribution in [-0.4, -0.2) is 22.3 Å². The molecule has 3 aromatic carbocycles. The second kappa shape index (κ2) is 6.64. The molecular formula is C25H20ClN3O. The van der Waals surface area contributed by atoms with Crippen LogP contribution in [0, 0.1) is 0 Å². The standard InChI is InChI=1S/C25H20ClN3O/c26-17-7-5-6-16(14-17)15-29-22-11-4-2-9-20(22)25(30)28-13-12-19-18-8-1-3-10-21(18)27-23(19)24(28)29/h1-11,14,24,27H,12-13,15H2. The lowest BCUT2D eigenvalue weighted by molar-refractivity contribution is 0.0625. The van der Waals surface area contributed by atoms with Crippen molar-refractivity contribution < 1.29 is 4.79 Å². The van der Waals surface area contributed by atoms with Gasteiger partial charge >= 0.3 is 0 Å². The molecule has 0 saturated heterocycles. The molecule has 148 valence electrons. The highest BCUT2D eigenvalue weighted by Gasteiger charge is 2.42. The predicted molar refractivity (Wildman–Crippen MR) is 120 cm³/mol. The molecule has 6 rings (SSSR count). The van der Waals surface area contributed by atoms with Crippen molar-refractivity contribution in [2.45, 2.75) is 19.1 Å². The second-order valence-corrected chi connectivity index (χ2v) is 8.40. The Morgan fingerprint density at radius 2 is 1.83 bits per heavy atom. The van der Waals surface area contributed by atoms with Gasteiger partial charge in [0.15, 0.2) is 0 Å². The number of nitrogens with one attached hydrogen (secondary N) is 1. The molecule has 4 aromatic rings. The maximum Gasteiger partial charge on any atom is 0.257 e. The van der Waals surface area contributed by atoms with Crippen LogP contribution in [0.2, 0.25) is 5.02 Å². The molecule has 4 nitrogen and oxygen atoms in total. The van der Waals surface area contributed by atoms with Crippen LogP contribution in [0.1, 0.15) is 33.3 Å². The fourth-order valence-electron chi connectivity index (χ4n) is 4.95. The van der Waals surface area contributed by atoms with Gasteiger partial charge < -0.3 is 14.8 Å². The molecule has 0 radical (unpaired) electrons. The minimum atomic E-state index is -0.164. The molecule has 2 aliphatic rings. The Hall–Kier alpha value is -3.24. The smallest absolute Gasteiger partial charge is 0.257 e. The van der Waals surface area contributed by atoms with Crippen LogP contribution in [0.15, 0.2) is 72.8 Å². The zero-order valence-corrected chi connectivity index (χ0v) is 17.1. The topological polar surface area (TPSA) is 39.3 Å². The first-order valence-electron chi connectivity index (χ1n) is 10.2. The van der Waals surface area contributed by atoms with Crippen molar-refractivity contribution in [3.63, 3.8) is 0 Å². The van der Waals surface area contributed by atoms with E-state index < -0.39 is 0 Å². The third-order valence-electron chi connectivity index (χ3n) is 6.24. The highest BCUT2D eigenvalue weighted by atomic mass is 35.5. The van der Waals surface area contributed by atoms with E-state index in [0.717, 1.165) is 39.5 Å². The zero-order valence-electron chi connectivity index (χ0n) is 16.3. The number of hydrogen-bond acceptors (Lipinski definition) is 2. The van der Waals surface area contributed by atoms with Crippen LogP contribution < -0.4 is 4.90 Å². The molecule has 5 heteroatoms. The minimum absolute atomic E-state index is 0.0993. The third kappa shape index (κ3) is 2.57. The van der Waals surface area contributed by atoms with Gasteiger partial charge in [0.05, 0.1) is 16.9 Å². The van der Waals surface area contributed by atoms with E-state index in [1.807, 2.05) is 53.4 Å². The Morgan fingerprint density at radius 1 is 1.00 bits per heavy atom. The summed E-state index contributed by atoms with van der Waals surface area (Å²) in [5.41, 5.74) is 6.40. The number of halogens is 1. The van der Waals surface area contributed by atoms with Crippen molar-refractivity contribution >= 4 is 34.1 Å². The molecule has 1 amide bonds. The molecule has 0 bridgehead atoms. The van der Waals surface area contributed by atoms with Crippen molar-refractivity contribution in [1.29, 1.82) is 0 Å². The SMILES string of the molecule is O=C1c2ccccc2N(Cc2cccc(Cl)c2)C2c3[nH]c4ccccc4c3CCN12. The van der Waals surface area contributed by atoms with Gasteiger partial charge in [-0.05, 0) is 47.9 Å². The molecular weight excluding hydrogens is 394 g/mol. The Bertz CT molecular complexity index is 1290. The third-order valence-corrected chi connectivity index (χ3v) is 6.48. The van der Waals surface area contributed by atoms with Gasteiger partial charge in [-0.1, -0.05) is 54.1 Å². The van der Waals surface area contributed by atoms with E-state index >= 15 is 0 Å². The number of carbonyl (C=O) groups excluding carboxylic acids is 1. The van der Waals surface area contributed by atoms with Gasteiger partial charge in [-0.2, -0.15) is 0 Å². The van der Waals surface area contributed by atoms with Gasteiger partial charge in [0.1, 0.15) is 6.17 Å². The van der Waals surface area contributed by atoms with Gasteiger partial charge in [0.2, 0.25) is 0 Å². The largest absolute Gasteiger partial charge is 0.355 e. The van der Waals surface area contributed by atoms with E-state index in [9.17, 15) is 4.79 Å². The lowest BCUT2D eigenvalue weighted by Gasteiger charge is -2.47. The quantitative estimate of drug-likeness (QED) is 0.468. The number of aromatic amines is 1. The highest BCUT2D eigenvalue weighted by molar-refractivity contribution is 6.30. The lowest BCUT2D eigenvalue weighted by atomic mass is 9.95. The molecule has 0 fully saturated rings. The number of hydrogen-bond donors (Lipinski definition) is 1. The number of benzene rings is 3. The first kappa shape index (κ1) is 17.6. The number of anilines is 1. The van der Waals surface area contributed by atoms with Gasteiger partial charge in [-0.3, -0.25) is 4.79 Å². The Morgan fingerprint density at radius 3 is 2.73 bits per heavy atom. The van der Waals surface area contributed by atoms with Crippen LogP contribution in [0.5, 0.6) is 0 Å². The number of nitrogens with zero attached hydrogens (tertiary/aromatic N) is 2. The van der Waals surface area contributed by atoms with Crippen molar-refractivity contribution in [2.24, 2.45) is 0 Å². The highest BCUT2D eigenvalue weighted by Crippen LogP contribution is 2.44. The Labute approximate surface area is 179 Å². The van der Waals surface area contributed by atoms with Crippen LogP contribution in [0.4, 0.5) is 5.69 Å². The number of amides is 1. The normalized spacial score (nSPS) is 17.6. The van der Waals surface area contributed by atoms with E-state index in [4.69, 9.17) is 11.6 Å². The van der Waals surface area contributed by atoms with Crippen molar-refractivity contribution in [3.8, 4) is 0 Å². The van der Waals surface area contributed by atoms with Crippen molar-refractivity contribution in [3.05, 3.63) is 100 Å². The molecule has 0 aliphatic carbocycles. The van der Waals surface area contributed by atoms with Gasteiger partial charge in [-0.15, -0.1) is 0 Å². The first-order chi connectivity index (χ1) is 14.7. The number of H-pyrrole nitrogens is 1. The molecule has 1 unspecified atom stereocenters. The maximum absolute atomic E-state index is 13.4. The monoisotopic (exact) mass is 413 g/mol. The van der Waals surface area contributed by atoms with Gasteiger partial charge in [0.25, 0.3) is 5.91 Å². The fraction of sp³-hybridized carbons (Fsp3) is 0.160. The molecule has 1 atom stereocenters. The maximum atomic E-state index is 13.4. The molecule has 1 N–H and O–H groups in total. The summed E-state index contributed by atoms with van der Waals surface area (Å²) in [7, 11) is 0. The summed E-state index contributed by atoms with van der Waals surface area (Å²) in [4.78, 5) is 21.4. The lowest BCUT2D eigenvalue weighted by Crippen LogP contribution is -2.52. The summed E-state index contributed by atoms with van der Waals surface area (Å²) in [6.45, 7) is 1.37. The second-order valence-electron chi connectivity index (χ2n) is 7.96. The van der Waals surface area contributed by atoms with Crippen molar-refractivity contribution in [1.82, 2.24) is 9.88 Å². The van der Waals surface area contributed by atoms with E-state index in [0.29, 0.717) is 13.1 Å². The zero-order chi connectivity index (χ0) is 20.2. The van der Waals surface area contributed by atoms with E-state index in [1.165, 1.54) is 10.9 Å². The van der Waals surface area contributed by atoms with Crippen LogP contribution in [0.3, 0.4) is 0 Å². The van der Waals surface area contributed by atoms with E-state index in [-0.39, 0.29) is 12.1 Å². The Balaban J connectivity index is 1.55. The molecule has 0 spiro atoms.